The highest BCUT2D eigenvalue weighted by atomic mass is 32.2. The average molecular weight is 902 g/mol. The van der Waals surface area contributed by atoms with Crippen LogP contribution in [0.25, 0.3) is 0 Å². The van der Waals surface area contributed by atoms with Gasteiger partial charge in [-0.1, -0.05) is 0 Å². The third-order valence-electron chi connectivity index (χ3n) is 10.7. The van der Waals surface area contributed by atoms with Gasteiger partial charge in [-0.15, -0.1) is 0 Å². The summed E-state index contributed by atoms with van der Waals surface area (Å²) in [5, 5.41) is 33.7. The van der Waals surface area contributed by atoms with Gasteiger partial charge in [0.2, 0.25) is 5.91 Å². The fraction of sp³-hybridized carbons (Fsp3) is 0.302. The summed E-state index contributed by atoms with van der Waals surface area (Å²) in [4.78, 5) is 41.8. The molecule has 2 aromatic carbocycles. The van der Waals surface area contributed by atoms with Gasteiger partial charge in [-0.25, -0.2) is 4.79 Å². The highest BCUT2D eigenvalue weighted by Crippen LogP contribution is 2.31. The zero-order chi connectivity index (χ0) is 43.8. The molecule has 2 fully saturated rings. The molecule has 0 aliphatic carbocycles. The first kappa shape index (κ1) is 42.9. The molecule has 19 nitrogen and oxygen atoms in total. The second-order valence-corrected chi connectivity index (χ2v) is 17.9. The van der Waals surface area contributed by atoms with Crippen molar-refractivity contribution in [2.24, 2.45) is 15.9 Å². The van der Waals surface area contributed by atoms with Crippen LogP contribution in [-0.4, -0.2) is 110 Å². The number of amides is 3. The monoisotopic (exact) mass is 901 g/mol. The van der Waals surface area contributed by atoms with Crippen LogP contribution < -0.4 is 41.7 Å². The molecule has 6 aliphatic rings. The fourth-order valence-corrected chi connectivity index (χ4v) is 9.22. The van der Waals surface area contributed by atoms with E-state index in [9.17, 15) is 9.59 Å². The maximum atomic E-state index is 12.5. The molecule has 2 aromatic heterocycles. The largest absolute Gasteiger partial charge is 0.326 e. The fourth-order valence-electron chi connectivity index (χ4n) is 7.50. The van der Waals surface area contributed by atoms with E-state index < -0.39 is 0 Å². The average Bonchev–Trinajstić information content (AvgIpc) is 4.15. The van der Waals surface area contributed by atoms with Gasteiger partial charge in [0.25, 0.3) is 23.3 Å². The number of aromatic amines is 2. The van der Waals surface area contributed by atoms with Crippen LogP contribution in [-0.2, 0) is 4.79 Å². The predicted octanol–water partition coefficient (Wildman–Crippen LogP) is 5.33. The Bertz CT molecular complexity index is 2310. The molecule has 2 saturated heterocycles. The maximum Gasteiger partial charge on any atom is 0.321 e. The number of aromatic nitrogens is 4. The predicted molar refractivity (Wildman–Crippen MR) is 253 cm³/mol. The lowest BCUT2D eigenvalue weighted by Crippen LogP contribution is -2.48. The highest BCUT2D eigenvalue weighted by Gasteiger charge is 2.39. The van der Waals surface area contributed by atoms with Crippen LogP contribution in [0.2, 0.25) is 0 Å². The maximum absolute atomic E-state index is 12.5. The standard InChI is InChI=1S/C22H26N8OS.C21H25N9OS/c1-15-11-19(28-27-15)26-21-14-29(13-20-24-9-10-30(20)21)32-18-6-4-17(5-7-18)25-22(31)16-3-2-8-23-12-16;1-15-12-18(27-26-15)25-20-14-29(13-19-23-8-11-30(19)20)32-17-4-2-16(3-5-17)24-21(31)28-9-6-22-7-10-28/h4-7,9-11,14,16,23H,2-3,8,12-13H2,1H3,(H,25,31)(H2,26,27,28);2-5,8,11-12,14,22H,6-7,9-10,13H2,1H3,(H,24,31)(H2,25,26,27)/q2*+1. The summed E-state index contributed by atoms with van der Waals surface area (Å²) in [5.74, 6) is 5.29. The topological polar surface area (TPSA) is 210 Å². The Labute approximate surface area is 379 Å². The minimum absolute atomic E-state index is 0.0456. The van der Waals surface area contributed by atoms with Gasteiger partial charge < -0.3 is 26.2 Å². The summed E-state index contributed by atoms with van der Waals surface area (Å²) in [6.45, 7) is 10.2. The number of piperazine rings is 1. The number of carbonyl (C=O) groups is 2. The molecule has 3 amide bonds. The molecule has 0 spiro atoms. The van der Waals surface area contributed by atoms with Crippen molar-refractivity contribution in [1.29, 1.82) is 0 Å². The Morgan fingerprint density at radius 2 is 1.23 bits per heavy atom. The van der Waals surface area contributed by atoms with Gasteiger partial charge in [0.15, 0.2) is 24.0 Å². The van der Waals surface area contributed by atoms with Crippen LogP contribution in [0, 0.1) is 19.8 Å². The first-order chi connectivity index (χ1) is 31.3. The van der Waals surface area contributed by atoms with Gasteiger partial charge >= 0.3 is 6.03 Å². The Morgan fingerprint density at radius 3 is 1.72 bits per heavy atom. The first-order valence-corrected chi connectivity index (χ1v) is 22.8. The third-order valence-corrected chi connectivity index (χ3v) is 12.7. The number of fused-ring (bicyclic) bond motifs is 2. The van der Waals surface area contributed by atoms with E-state index in [4.69, 9.17) is 0 Å². The molecule has 64 heavy (non-hydrogen) atoms. The van der Waals surface area contributed by atoms with E-state index in [1.807, 2.05) is 108 Å². The number of aliphatic imine (C=N–C) groups is 2. The summed E-state index contributed by atoms with van der Waals surface area (Å²) in [6, 6.07) is 19.7. The Balaban J connectivity index is 0.000000162. The third kappa shape index (κ3) is 10.9. The van der Waals surface area contributed by atoms with Crippen molar-refractivity contribution >= 4 is 70.5 Å². The Kier molecular flexibility index (Phi) is 13.4. The number of nitrogens with one attached hydrogen (secondary N) is 8. The quantitative estimate of drug-likeness (QED) is 0.0711. The number of nitrogens with zero attached hydrogens (tertiary/aromatic N) is 9. The van der Waals surface area contributed by atoms with E-state index in [1.165, 1.54) is 0 Å². The van der Waals surface area contributed by atoms with Crippen LogP contribution in [0.1, 0.15) is 24.2 Å². The molecule has 4 aromatic rings. The van der Waals surface area contributed by atoms with Crippen molar-refractivity contribution < 1.29 is 9.59 Å². The molecule has 330 valence electrons. The van der Waals surface area contributed by atoms with Crippen molar-refractivity contribution in [2.45, 2.75) is 36.5 Å². The summed E-state index contributed by atoms with van der Waals surface area (Å²) >= 11 is 3.23. The molecule has 1 atom stereocenters. The van der Waals surface area contributed by atoms with Crippen LogP contribution in [0.5, 0.6) is 0 Å². The minimum Gasteiger partial charge on any atom is -0.326 e. The number of H-pyrrole nitrogens is 2. The van der Waals surface area contributed by atoms with Gasteiger partial charge in [0.05, 0.1) is 30.7 Å². The Hall–Kier alpha value is -6.36. The molecular formula is C43H51N17O2S2+2. The van der Waals surface area contributed by atoms with Gasteiger partial charge in [0, 0.05) is 77.4 Å². The SMILES string of the molecule is Cc1cc(NC2=CN(Sc3ccc(NC(=O)C4CCCNC4)cc3)CC3=NC=C[N+]23)n[nH]1.Cc1cc(NC2=CN(Sc3ccc(NC(=O)N4CCNCC4)cc3)CC3=NC=C[N+]23)n[nH]1. The number of carbonyl (C=O) groups excluding carboxylic acids is 2. The second kappa shape index (κ2) is 20.0. The van der Waals surface area contributed by atoms with Crippen LogP contribution in [0.15, 0.2) is 129 Å². The summed E-state index contributed by atoms with van der Waals surface area (Å²) < 4.78 is 4.25. The van der Waals surface area contributed by atoms with Crippen LogP contribution in [0.4, 0.5) is 27.8 Å². The number of hydrogen-bond donors (Lipinski definition) is 8. The molecule has 21 heteroatoms. The summed E-state index contributed by atoms with van der Waals surface area (Å²) in [5.41, 5.74) is 3.60. The smallest absolute Gasteiger partial charge is 0.321 e. The van der Waals surface area contributed by atoms with Crippen molar-refractivity contribution in [3.05, 3.63) is 121 Å². The number of urea groups is 1. The van der Waals surface area contributed by atoms with E-state index >= 15 is 0 Å². The lowest BCUT2D eigenvalue weighted by Gasteiger charge is -2.27. The normalized spacial score (nSPS) is 19.4. The number of amidine groups is 2. The molecule has 0 saturated carbocycles. The van der Waals surface area contributed by atoms with E-state index in [1.54, 1.807) is 36.3 Å². The number of rotatable bonds is 11. The molecule has 8 heterocycles. The molecule has 2 radical (unpaired) electrons. The lowest BCUT2D eigenvalue weighted by atomic mass is 9.99. The van der Waals surface area contributed by atoms with Gasteiger partial charge in [-0.05, 0) is 115 Å². The Morgan fingerprint density at radius 1 is 0.703 bits per heavy atom. The number of anilines is 4. The van der Waals surface area contributed by atoms with E-state index in [-0.39, 0.29) is 17.9 Å². The molecule has 6 aliphatic heterocycles. The number of piperidine rings is 1. The molecule has 8 N–H and O–H groups in total. The highest BCUT2D eigenvalue weighted by molar-refractivity contribution is 7.97. The number of hydrogen-bond acceptors (Lipinski definition) is 16. The van der Waals surface area contributed by atoms with Gasteiger partial charge in [-0.3, -0.25) is 34.2 Å². The van der Waals surface area contributed by atoms with Crippen molar-refractivity contribution in [2.75, 3.05) is 73.6 Å². The van der Waals surface area contributed by atoms with Crippen LogP contribution >= 0.6 is 23.9 Å². The van der Waals surface area contributed by atoms with Crippen molar-refractivity contribution in [3.63, 3.8) is 0 Å². The minimum atomic E-state index is -0.0537. The van der Waals surface area contributed by atoms with Crippen molar-refractivity contribution in [1.82, 2.24) is 54.3 Å². The molecule has 0 bridgehead atoms. The number of aryl methyl sites for hydroxylation is 2. The molecular weight excluding hydrogens is 851 g/mol. The first-order valence-electron chi connectivity index (χ1n) is 21.2. The zero-order valence-electron chi connectivity index (χ0n) is 35.5. The van der Waals surface area contributed by atoms with Gasteiger partial charge in [-0.2, -0.15) is 20.2 Å². The van der Waals surface area contributed by atoms with Crippen LogP contribution in [0.3, 0.4) is 0 Å². The van der Waals surface area contributed by atoms with E-state index in [0.717, 1.165) is 120 Å². The van der Waals surface area contributed by atoms with E-state index in [2.05, 4.69) is 77.1 Å². The zero-order valence-corrected chi connectivity index (χ0v) is 37.2. The van der Waals surface area contributed by atoms with Gasteiger partial charge in [0.1, 0.15) is 13.1 Å². The molecule has 10 rings (SSSR count). The summed E-state index contributed by atoms with van der Waals surface area (Å²) in [7, 11) is 0. The van der Waals surface area contributed by atoms with E-state index in [0.29, 0.717) is 13.1 Å². The van der Waals surface area contributed by atoms with Crippen molar-refractivity contribution in [3.8, 4) is 0 Å². The molecule has 1 unspecified atom stereocenters. The lowest BCUT2D eigenvalue weighted by molar-refractivity contribution is -0.120. The number of benzene rings is 2. The summed E-state index contributed by atoms with van der Waals surface area (Å²) in [6.07, 6.45) is 13.6. The second-order valence-electron chi connectivity index (χ2n) is 15.7.